The molecule has 0 radical (unpaired) electrons. The second kappa shape index (κ2) is 13.0. The van der Waals surface area contributed by atoms with Crippen molar-refractivity contribution in [2.24, 2.45) is 5.92 Å². The van der Waals surface area contributed by atoms with E-state index in [9.17, 15) is 14.4 Å². The fourth-order valence-electron chi connectivity index (χ4n) is 3.12. The first-order valence-corrected chi connectivity index (χ1v) is 11.5. The first kappa shape index (κ1) is 25.6. The average molecular weight is 464 g/mol. The molecule has 2 amide bonds. The Morgan fingerprint density at radius 1 is 1.25 bits per heavy atom. The van der Waals surface area contributed by atoms with Crippen LogP contribution >= 0.6 is 12.2 Å². The maximum Gasteiger partial charge on any atom is 0.308 e. The minimum Gasteiger partial charge on any atom is -0.494 e. The Bertz CT molecular complexity index is 797. The van der Waals surface area contributed by atoms with Crippen molar-refractivity contribution in [3.63, 3.8) is 0 Å². The Kier molecular flexibility index (Phi) is 10.4. The topological polar surface area (TPSA) is 97.0 Å². The van der Waals surface area contributed by atoms with E-state index in [1.54, 1.807) is 29.2 Å². The number of rotatable bonds is 10. The van der Waals surface area contributed by atoms with Crippen molar-refractivity contribution in [1.29, 1.82) is 0 Å². The first-order valence-electron chi connectivity index (χ1n) is 11.1. The van der Waals surface area contributed by atoms with Crippen LogP contribution in [0, 0.1) is 5.92 Å². The lowest BCUT2D eigenvalue weighted by molar-refractivity contribution is -0.148. The zero-order chi connectivity index (χ0) is 23.5. The highest BCUT2D eigenvalue weighted by Gasteiger charge is 2.34. The minimum absolute atomic E-state index is 0.103. The van der Waals surface area contributed by atoms with Crippen LogP contribution in [0.15, 0.2) is 24.3 Å². The standard InChI is InChI=1S/C23H33N3O5S/c1-4-5-6-13-30-18-9-7-17(8-10-18)21(28)25-23(32)26-12-11-24-22(29)19(26)14-20(27)31-15-16(2)3/h7-10,16,19H,4-6,11-15H2,1-3H3,(H,24,29)(H,25,28,32). The Balaban J connectivity index is 1.94. The minimum atomic E-state index is -0.824. The third kappa shape index (κ3) is 8.11. The number of amides is 2. The van der Waals surface area contributed by atoms with Crippen LogP contribution in [-0.2, 0) is 14.3 Å². The summed E-state index contributed by atoms with van der Waals surface area (Å²) in [7, 11) is 0. The number of carbonyl (C=O) groups is 3. The van der Waals surface area contributed by atoms with Crippen molar-refractivity contribution in [2.75, 3.05) is 26.3 Å². The van der Waals surface area contributed by atoms with Crippen molar-refractivity contribution in [1.82, 2.24) is 15.5 Å². The van der Waals surface area contributed by atoms with E-state index in [2.05, 4.69) is 17.6 Å². The molecule has 1 aliphatic rings. The number of ether oxygens (including phenoxy) is 2. The van der Waals surface area contributed by atoms with Crippen molar-refractivity contribution in [3.8, 4) is 5.75 Å². The number of hydrogen-bond acceptors (Lipinski definition) is 6. The molecule has 176 valence electrons. The number of esters is 1. The molecule has 1 aliphatic heterocycles. The van der Waals surface area contributed by atoms with Crippen LogP contribution in [0.2, 0.25) is 0 Å². The predicted octanol–water partition coefficient (Wildman–Crippen LogP) is 2.66. The zero-order valence-corrected chi connectivity index (χ0v) is 19.8. The molecule has 2 N–H and O–H groups in total. The quantitative estimate of drug-likeness (QED) is 0.313. The third-order valence-electron chi connectivity index (χ3n) is 4.88. The summed E-state index contributed by atoms with van der Waals surface area (Å²) in [4.78, 5) is 38.7. The van der Waals surface area contributed by atoms with Gasteiger partial charge in [-0.2, -0.15) is 0 Å². The molecule has 0 aliphatic carbocycles. The van der Waals surface area contributed by atoms with E-state index in [-0.39, 0.29) is 35.9 Å². The number of hydrogen-bond donors (Lipinski definition) is 2. The average Bonchev–Trinajstić information content (AvgIpc) is 2.77. The second-order valence-corrected chi connectivity index (χ2v) is 8.51. The summed E-state index contributed by atoms with van der Waals surface area (Å²) in [5, 5.41) is 5.50. The van der Waals surface area contributed by atoms with Gasteiger partial charge in [-0.05, 0) is 48.8 Å². The lowest BCUT2D eigenvalue weighted by Gasteiger charge is -2.36. The molecule has 32 heavy (non-hydrogen) atoms. The van der Waals surface area contributed by atoms with E-state index in [1.807, 2.05) is 13.8 Å². The highest BCUT2D eigenvalue weighted by Crippen LogP contribution is 2.14. The van der Waals surface area contributed by atoms with Gasteiger partial charge in [0.1, 0.15) is 11.8 Å². The zero-order valence-electron chi connectivity index (χ0n) is 19.0. The Hall–Kier alpha value is -2.68. The van der Waals surface area contributed by atoms with Gasteiger partial charge < -0.3 is 19.7 Å². The summed E-state index contributed by atoms with van der Waals surface area (Å²) >= 11 is 5.38. The Labute approximate surface area is 195 Å². The number of benzene rings is 1. The number of nitrogens with zero attached hydrogens (tertiary/aromatic N) is 1. The largest absolute Gasteiger partial charge is 0.494 e. The van der Waals surface area contributed by atoms with Gasteiger partial charge in [0.2, 0.25) is 5.91 Å². The highest BCUT2D eigenvalue weighted by molar-refractivity contribution is 7.80. The summed E-state index contributed by atoms with van der Waals surface area (Å²) in [5.74, 6) is -0.287. The van der Waals surface area contributed by atoms with Gasteiger partial charge in [-0.25, -0.2) is 0 Å². The van der Waals surface area contributed by atoms with E-state index in [4.69, 9.17) is 21.7 Å². The molecule has 1 fully saturated rings. The number of nitrogens with one attached hydrogen (secondary N) is 2. The summed E-state index contributed by atoms with van der Waals surface area (Å²) < 4.78 is 10.9. The molecule has 1 saturated heterocycles. The van der Waals surface area contributed by atoms with Crippen molar-refractivity contribution in [3.05, 3.63) is 29.8 Å². The van der Waals surface area contributed by atoms with Crippen LogP contribution in [0.3, 0.4) is 0 Å². The fourth-order valence-corrected chi connectivity index (χ4v) is 3.43. The summed E-state index contributed by atoms with van der Waals surface area (Å²) in [5.41, 5.74) is 0.419. The van der Waals surface area contributed by atoms with Gasteiger partial charge in [-0.1, -0.05) is 33.6 Å². The molecular formula is C23H33N3O5S. The predicted molar refractivity (Wildman–Crippen MR) is 125 cm³/mol. The molecule has 0 saturated carbocycles. The Morgan fingerprint density at radius 2 is 1.97 bits per heavy atom. The van der Waals surface area contributed by atoms with Crippen LogP contribution in [0.5, 0.6) is 5.75 Å². The normalized spacial score (nSPS) is 15.8. The molecule has 1 unspecified atom stereocenters. The van der Waals surface area contributed by atoms with Crippen molar-refractivity contribution < 1.29 is 23.9 Å². The van der Waals surface area contributed by atoms with E-state index < -0.39 is 12.0 Å². The van der Waals surface area contributed by atoms with Crippen LogP contribution in [0.1, 0.15) is 56.8 Å². The first-order chi connectivity index (χ1) is 15.3. The molecule has 1 aromatic rings. The number of thiocarbonyl (C=S) groups is 1. The summed E-state index contributed by atoms with van der Waals surface area (Å²) in [6.07, 6.45) is 3.09. The maximum atomic E-state index is 12.6. The van der Waals surface area contributed by atoms with Crippen LogP contribution in [-0.4, -0.2) is 60.1 Å². The number of piperazine rings is 1. The number of carbonyl (C=O) groups excluding carboxylic acids is 3. The van der Waals surface area contributed by atoms with Gasteiger partial charge in [-0.3, -0.25) is 19.7 Å². The van der Waals surface area contributed by atoms with E-state index >= 15 is 0 Å². The molecule has 1 aromatic carbocycles. The molecule has 2 rings (SSSR count). The lowest BCUT2D eigenvalue weighted by Crippen LogP contribution is -2.60. The van der Waals surface area contributed by atoms with Crippen LogP contribution < -0.4 is 15.4 Å². The van der Waals surface area contributed by atoms with Gasteiger partial charge in [0.15, 0.2) is 5.11 Å². The maximum absolute atomic E-state index is 12.6. The molecule has 1 heterocycles. The van der Waals surface area contributed by atoms with Crippen molar-refractivity contribution in [2.45, 2.75) is 52.5 Å². The van der Waals surface area contributed by atoms with Gasteiger partial charge in [-0.15, -0.1) is 0 Å². The molecule has 0 aromatic heterocycles. The van der Waals surface area contributed by atoms with Gasteiger partial charge in [0.25, 0.3) is 5.91 Å². The molecular weight excluding hydrogens is 430 g/mol. The van der Waals surface area contributed by atoms with Crippen molar-refractivity contribution >= 4 is 35.1 Å². The smallest absolute Gasteiger partial charge is 0.308 e. The second-order valence-electron chi connectivity index (χ2n) is 8.12. The van der Waals surface area contributed by atoms with Gasteiger partial charge >= 0.3 is 5.97 Å². The van der Waals surface area contributed by atoms with Gasteiger partial charge in [0.05, 0.1) is 19.6 Å². The lowest BCUT2D eigenvalue weighted by atomic mass is 10.1. The summed E-state index contributed by atoms with van der Waals surface area (Å²) in [6, 6.07) is 5.99. The SMILES string of the molecule is CCCCCOc1ccc(C(=O)NC(=S)N2CCNC(=O)C2CC(=O)OCC(C)C)cc1. The molecule has 1 atom stereocenters. The third-order valence-corrected chi connectivity index (χ3v) is 5.22. The Morgan fingerprint density at radius 3 is 2.62 bits per heavy atom. The van der Waals surface area contributed by atoms with E-state index in [0.29, 0.717) is 31.0 Å². The van der Waals surface area contributed by atoms with Gasteiger partial charge in [0, 0.05) is 18.7 Å². The fraction of sp³-hybridized carbons (Fsp3) is 0.565. The molecule has 0 spiro atoms. The van der Waals surface area contributed by atoms with Crippen LogP contribution in [0.25, 0.3) is 0 Å². The molecule has 9 heteroatoms. The van der Waals surface area contributed by atoms with Crippen LogP contribution in [0.4, 0.5) is 0 Å². The molecule has 0 bridgehead atoms. The highest BCUT2D eigenvalue weighted by atomic mass is 32.1. The summed E-state index contributed by atoms with van der Waals surface area (Å²) in [6.45, 7) is 7.68. The number of unbranched alkanes of at least 4 members (excludes halogenated alkanes) is 2. The molecule has 8 nitrogen and oxygen atoms in total. The van der Waals surface area contributed by atoms with E-state index in [0.717, 1.165) is 19.3 Å². The van der Waals surface area contributed by atoms with E-state index in [1.165, 1.54) is 0 Å². The monoisotopic (exact) mass is 463 g/mol.